The number of nitrogens with one attached hydrogen (secondary N) is 1. The summed E-state index contributed by atoms with van der Waals surface area (Å²) in [7, 11) is 1.52. The number of nitrogens with two attached hydrogens (primary N) is 1. The first-order valence-electron chi connectivity index (χ1n) is 10.7. The lowest BCUT2D eigenvalue weighted by molar-refractivity contribution is -0.115. The molecule has 0 aliphatic carbocycles. The lowest BCUT2D eigenvalue weighted by Crippen LogP contribution is -2.28. The minimum Gasteiger partial charge on any atom is -0.496 e. The zero-order valence-corrected chi connectivity index (χ0v) is 19.6. The van der Waals surface area contributed by atoms with E-state index in [4.69, 9.17) is 22.7 Å². The first-order chi connectivity index (χ1) is 17.0. The molecule has 0 bridgehead atoms. The number of methoxy groups -OCH3 is 1. The Morgan fingerprint density at radius 2 is 1.69 bits per heavy atom. The monoisotopic (exact) mass is 476 g/mol. The summed E-state index contributed by atoms with van der Waals surface area (Å²) in [5.74, 6) is -1.64. The van der Waals surface area contributed by atoms with Gasteiger partial charge < -0.3 is 15.5 Å². The van der Waals surface area contributed by atoms with E-state index in [0.717, 1.165) is 33.3 Å². The molecule has 0 saturated carbocycles. The number of H-pyrrole nitrogens is 1. The summed E-state index contributed by atoms with van der Waals surface area (Å²) in [6.07, 6.45) is 1.40. The molecule has 0 fully saturated rings. The van der Waals surface area contributed by atoms with E-state index in [9.17, 15) is 15.3 Å². The van der Waals surface area contributed by atoms with Gasteiger partial charge in [-0.3, -0.25) is 4.79 Å². The van der Waals surface area contributed by atoms with Crippen LogP contribution in [0.15, 0.2) is 78.4 Å². The molecule has 4 aromatic rings. The molecule has 1 unspecified atom stereocenters. The number of aromatic nitrogens is 1. The molecule has 4 rings (SSSR count). The Morgan fingerprint density at radius 1 is 1.06 bits per heavy atom. The highest BCUT2D eigenvalue weighted by Crippen LogP contribution is 2.41. The van der Waals surface area contributed by atoms with Gasteiger partial charge in [0.2, 0.25) is 0 Å². The first kappa shape index (κ1) is 23.4. The summed E-state index contributed by atoms with van der Waals surface area (Å²) in [4.78, 5) is 15.9. The van der Waals surface area contributed by atoms with Crippen molar-refractivity contribution in [3.8, 4) is 40.3 Å². The first-order valence-corrected chi connectivity index (χ1v) is 11.1. The zero-order valence-electron chi connectivity index (χ0n) is 18.8. The zero-order chi connectivity index (χ0) is 24.9. The lowest BCUT2D eigenvalue weighted by atomic mass is 9.95. The molecule has 6 nitrogen and oxygen atoms in total. The number of Topliss-reactive ketones (excluding diaryl/α,β-unsaturated/α-hetero) is 1. The molecule has 7 heteroatoms. The second kappa shape index (κ2) is 10.0. The highest BCUT2D eigenvalue weighted by Gasteiger charge is 2.25. The van der Waals surface area contributed by atoms with Gasteiger partial charge in [0.25, 0.3) is 0 Å². The van der Waals surface area contributed by atoms with E-state index in [-0.39, 0.29) is 10.6 Å². The molecule has 170 valence electrons. The van der Waals surface area contributed by atoms with Gasteiger partial charge in [-0.2, -0.15) is 10.5 Å². The highest BCUT2D eigenvalue weighted by atomic mass is 32.1. The maximum atomic E-state index is 12.7. The number of hydrogen-bond acceptors (Lipinski definition) is 5. The van der Waals surface area contributed by atoms with Gasteiger partial charge in [-0.05, 0) is 29.3 Å². The van der Waals surface area contributed by atoms with E-state index in [1.54, 1.807) is 6.07 Å². The molecule has 3 aromatic carbocycles. The van der Waals surface area contributed by atoms with Crippen LogP contribution in [0, 0.1) is 28.6 Å². The van der Waals surface area contributed by atoms with Crippen molar-refractivity contribution < 1.29 is 9.53 Å². The Bertz CT molecular complexity index is 1540. The second-order valence-electron chi connectivity index (χ2n) is 7.75. The Kier molecular flexibility index (Phi) is 6.73. The molecule has 1 aromatic heterocycles. The number of nitrogens with zero attached hydrogens (tertiary/aromatic N) is 2. The number of carbonyl (C=O) groups is 1. The van der Waals surface area contributed by atoms with Crippen molar-refractivity contribution in [2.24, 2.45) is 11.7 Å². The fraction of sp³-hybridized carbons (Fsp3) is 0.0714. The molecule has 0 aliphatic rings. The molecule has 0 aliphatic heterocycles. The molecule has 0 spiro atoms. The number of hydrogen-bond donors (Lipinski definition) is 2. The number of fused-ring (bicyclic) bond motifs is 1. The summed E-state index contributed by atoms with van der Waals surface area (Å²) in [6, 6.07) is 27.3. The van der Waals surface area contributed by atoms with Crippen molar-refractivity contribution in [2.45, 2.75) is 0 Å². The molecule has 0 amide bonds. The van der Waals surface area contributed by atoms with Gasteiger partial charge in [0.05, 0.1) is 29.4 Å². The van der Waals surface area contributed by atoms with E-state index in [2.05, 4.69) is 4.98 Å². The molecule has 1 atom stereocenters. The summed E-state index contributed by atoms with van der Waals surface area (Å²) in [5, 5.41) is 19.8. The van der Waals surface area contributed by atoms with Gasteiger partial charge in [-0.25, -0.2) is 0 Å². The van der Waals surface area contributed by atoms with Crippen LogP contribution in [0.3, 0.4) is 0 Å². The van der Waals surface area contributed by atoms with E-state index in [1.165, 1.54) is 13.2 Å². The van der Waals surface area contributed by atoms with Crippen LogP contribution in [-0.2, 0) is 4.79 Å². The second-order valence-corrected chi connectivity index (χ2v) is 8.22. The quantitative estimate of drug-likeness (QED) is 0.209. The standard InChI is InChI=1S/C28H20N4O2S/c1-34-24-14-21-23(13-19(24)12-20(15-29)27(33)22(16-30)28(31)35)32-26(18-10-6-3-7-11-18)25(21)17-8-4-2-5-9-17/h2-14,22,32H,1H3,(H2,31,35)/b20-12+. The largest absolute Gasteiger partial charge is 0.496 e. The van der Waals surface area contributed by atoms with E-state index in [0.29, 0.717) is 11.3 Å². The number of ether oxygens (including phenoxy) is 1. The topological polar surface area (TPSA) is 116 Å². The van der Waals surface area contributed by atoms with Crippen LogP contribution in [0.5, 0.6) is 5.75 Å². The maximum Gasteiger partial charge on any atom is 0.197 e. The van der Waals surface area contributed by atoms with Crippen LogP contribution in [-0.4, -0.2) is 22.9 Å². The number of allylic oxidation sites excluding steroid dienone is 1. The number of aromatic amines is 1. The van der Waals surface area contributed by atoms with Crippen molar-refractivity contribution in [1.82, 2.24) is 4.98 Å². The van der Waals surface area contributed by atoms with Gasteiger partial charge in [0, 0.05) is 22.0 Å². The van der Waals surface area contributed by atoms with Gasteiger partial charge in [0.1, 0.15) is 11.8 Å². The normalized spacial score (nSPS) is 11.9. The van der Waals surface area contributed by atoms with Crippen molar-refractivity contribution in [3.05, 3.63) is 83.9 Å². The summed E-state index contributed by atoms with van der Waals surface area (Å²) in [5.41, 5.74) is 10.6. The third-order valence-electron chi connectivity index (χ3n) is 5.64. The van der Waals surface area contributed by atoms with Crippen LogP contribution in [0.1, 0.15) is 5.56 Å². The number of nitriles is 2. The summed E-state index contributed by atoms with van der Waals surface area (Å²) < 4.78 is 5.62. The Labute approximate surface area is 207 Å². The lowest BCUT2D eigenvalue weighted by Gasteiger charge is -2.09. The average molecular weight is 477 g/mol. The Hall–Kier alpha value is -4.72. The maximum absolute atomic E-state index is 12.7. The Morgan fingerprint density at radius 3 is 2.23 bits per heavy atom. The molecular formula is C28H20N4O2S. The summed E-state index contributed by atoms with van der Waals surface area (Å²) >= 11 is 4.81. The smallest absolute Gasteiger partial charge is 0.197 e. The number of ketones is 1. The van der Waals surface area contributed by atoms with Gasteiger partial charge >= 0.3 is 0 Å². The fourth-order valence-electron chi connectivity index (χ4n) is 3.98. The summed E-state index contributed by atoms with van der Waals surface area (Å²) in [6.45, 7) is 0. The molecular weight excluding hydrogens is 456 g/mol. The van der Waals surface area contributed by atoms with Crippen molar-refractivity contribution >= 4 is 40.0 Å². The third kappa shape index (κ3) is 4.54. The molecule has 3 N–H and O–H groups in total. The number of rotatable bonds is 7. The highest BCUT2D eigenvalue weighted by molar-refractivity contribution is 7.80. The third-order valence-corrected chi connectivity index (χ3v) is 5.87. The Balaban J connectivity index is 1.95. The van der Waals surface area contributed by atoms with Crippen LogP contribution < -0.4 is 10.5 Å². The average Bonchev–Trinajstić information content (AvgIpc) is 3.26. The van der Waals surface area contributed by atoms with Crippen LogP contribution in [0.2, 0.25) is 0 Å². The van der Waals surface area contributed by atoms with Crippen molar-refractivity contribution in [2.75, 3.05) is 7.11 Å². The number of carbonyl (C=O) groups excluding carboxylic acids is 1. The predicted octanol–water partition coefficient (Wildman–Crippen LogP) is 5.41. The molecule has 0 saturated heterocycles. The predicted molar refractivity (Wildman–Crippen MR) is 140 cm³/mol. The van der Waals surface area contributed by atoms with Gasteiger partial charge in [0.15, 0.2) is 11.7 Å². The van der Waals surface area contributed by atoms with E-state index in [1.807, 2.05) is 78.9 Å². The number of benzene rings is 3. The van der Waals surface area contributed by atoms with E-state index < -0.39 is 11.7 Å². The minimum atomic E-state index is -1.37. The van der Waals surface area contributed by atoms with Gasteiger partial charge in [-0.1, -0.05) is 72.9 Å². The minimum absolute atomic E-state index is 0.236. The molecule has 35 heavy (non-hydrogen) atoms. The van der Waals surface area contributed by atoms with Crippen molar-refractivity contribution in [3.63, 3.8) is 0 Å². The molecule has 1 heterocycles. The van der Waals surface area contributed by atoms with Crippen LogP contribution in [0.4, 0.5) is 0 Å². The number of thiocarbonyl (C=S) groups is 1. The fourth-order valence-corrected chi connectivity index (χ4v) is 4.13. The van der Waals surface area contributed by atoms with E-state index >= 15 is 0 Å². The van der Waals surface area contributed by atoms with Gasteiger partial charge in [-0.15, -0.1) is 0 Å². The van der Waals surface area contributed by atoms with Crippen molar-refractivity contribution in [1.29, 1.82) is 10.5 Å². The van der Waals surface area contributed by atoms with Crippen LogP contribution >= 0.6 is 12.2 Å². The SMILES string of the molecule is COc1cc2c(-c3ccccc3)c(-c3ccccc3)[nH]c2cc1/C=C(\C#N)C(=O)C(C#N)C(N)=S. The van der Waals surface area contributed by atoms with Crippen LogP contribution in [0.25, 0.3) is 39.4 Å². The molecule has 0 radical (unpaired) electrons.